The first kappa shape index (κ1) is 23.6. The van der Waals surface area contributed by atoms with E-state index in [0.717, 1.165) is 25.8 Å². The van der Waals surface area contributed by atoms with Crippen molar-refractivity contribution < 1.29 is 34.4 Å². The van der Waals surface area contributed by atoms with Crippen LogP contribution in [0.2, 0.25) is 0 Å². The van der Waals surface area contributed by atoms with Gasteiger partial charge in [0.2, 0.25) is 20.0 Å². The van der Waals surface area contributed by atoms with Gasteiger partial charge in [0.05, 0.1) is 15.4 Å². The highest BCUT2D eigenvalue weighted by Crippen LogP contribution is 2.33. The summed E-state index contributed by atoms with van der Waals surface area (Å²) in [6.45, 7) is 2.80. The zero-order chi connectivity index (χ0) is 23.2. The van der Waals surface area contributed by atoms with E-state index in [-0.39, 0.29) is 37.1 Å². The Bertz CT molecular complexity index is 1200. The zero-order valence-electron chi connectivity index (χ0n) is 16.6. The van der Waals surface area contributed by atoms with Crippen molar-refractivity contribution in [1.82, 2.24) is 8.61 Å². The molecule has 0 aromatic heterocycles. The van der Waals surface area contributed by atoms with Gasteiger partial charge in [-0.2, -0.15) is 21.8 Å². The maximum absolute atomic E-state index is 13.5. The van der Waals surface area contributed by atoms with Crippen molar-refractivity contribution in [2.75, 3.05) is 26.2 Å². The molecule has 0 atom stereocenters. The summed E-state index contributed by atoms with van der Waals surface area (Å²) < 4.78 is 106. The molecule has 12 heteroatoms. The molecule has 0 radical (unpaired) electrons. The van der Waals surface area contributed by atoms with Gasteiger partial charge in [-0.25, -0.2) is 21.2 Å². The quantitative estimate of drug-likeness (QED) is 0.631. The van der Waals surface area contributed by atoms with Gasteiger partial charge >= 0.3 is 6.18 Å². The second-order valence-corrected chi connectivity index (χ2v) is 11.1. The Morgan fingerprint density at radius 3 is 1.65 bits per heavy atom. The minimum Gasteiger partial charge on any atom is -0.207 e. The van der Waals surface area contributed by atoms with E-state index in [9.17, 15) is 34.4 Å². The second kappa shape index (κ2) is 8.15. The summed E-state index contributed by atoms with van der Waals surface area (Å²) in [6, 6.07) is 6.15. The average Bonchev–Trinajstić information content (AvgIpc) is 2.69. The number of alkyl halides is 3. The lowest BCUT2D eigenvalue weighted by Gasteiger charge is -2.33. The van der Waals surface area contributed by atoms with E-state index < -0.39 is 42.5 Å². The van der Waals surface area contributed by atoms with Crippen molar-refractivity contribution in [3.63, 3.8) is 0 Å². The van der Waals surface area contributed by atoms with Gasteiger partial charge in [-0.15, -0.1) is 0 Å². The van der Waals surface area contributed by atoms with E-state index in [2.05, 4.69) is 0 Å². The van der Waals surface area contributed by atoms with E-state index >= 15 is 0 Å². The minimum absolute atomic E-state index is 0.0836. The number of hydrogen-bond acceptors (Lipinski definition) is 4. The standard InChI is InChI=1S/C19H20F4N2O4S2/c1-13-3-4-15(11-14(13)2)30(26,27)24-7-9-25(10-8-24)31(28,29)16-5-6-18(20)17(12-16)19(21,22)23/h3-6,11-12H,7-10H2,1-2H3. The first-order chi connectivity index (χ1) is 14.2. The summed E-state index contributed by atoms with van der Waals surface area (Å²) in [5.74, 6) is -1.57. The molecule has 1 heterocycles. The van der Waals surface area contributed by atoms with Crippen LogP contribution in [0, 0.1) is 19.7 Å². The Morgan fingerprint density at radius 2 is 1.19 bits per heavy atom. The Kier molecular flexibility index (Phi) is 6.22. The third-order valence-corrected chi connectivity index (χ3v) is 8.98. The van der Waals surface area contributed by atoms with E-state index in [1.54, 1.807) is 13.0 Å². The van der Waals surface area contributed by atoms with Crippen LogP contribution < -0.4 is 0 Å². The highest BCUT2D eigenvalue weighted by Gasteiger charge is 2.38. The second-order valence-electron chi connectivity index (χ2n) is 7.19. The number of rotatable bonds is 4. The predicted octanol–water partition coefficient (Wildman–Crippen LogP) is 3.16. The number of nitrogens with zero attached hydrogens (tertiary/aromatic N) is 2. The molecule has 1 saturated heterocycles. The highest BCUT2D eigenvalue weighted by atomic mass is 32.2. The van der Waals surface area contributed by atoms with Crippen LogP contribution in [0.4, 0.5) is 17.6 Å². The number of sulfonamides is 2. The lowest BCUT2D eigenvalue weighted by molar-refractivity contribution is -0.140. The minimum atomic E-state index is -5.05. The van der Waals surface area contributed by atoms with Crippen LogP contribution in [0.3, 0.4) is 0 Å². The van der Waals surface area contributed by atoms with Gasteiger partial charge in [-0.05, 0) is 55.3 Å². The van der Waals surface area contributed by atoms with Crippen molar-refractivity contribution in [1.29, 1.82) is 0 Å². The molecule has 2 aromatic rings. The van der Waals surface area contributed by atoms with E-state index in [4.69, 9.17) is 0 Å². The van der Waals surface area contributed by atoms with Gasteiger partial charge in [-0.3, -0.25) is 0 Å². The smallest absolute Gasteiger partial charge is 0.207 e. The van der Waals surface area contributed by atoms with Crippen LogP contribution in [-0.4, -0.2) is 51.6 Å². The summed E-state index contributed by atoms with van der Waals surface area (Å²) in [4.78, 5) is -0.619. The summed E-state index contributed by atoms with van der Waals surface area (Å²) >= 11 is 0. The largest absolute Gasteiger partial charge is 0.419 e. The van der Waals surface area contributed by atoms with Gasteiger partial charge in [0.25, 0.3) is 0 Å². The Morgan fingerprint density at radius 1 is 0.742 bits per heavy atom. The van der Waals surface area contributed by atoms with Crippen molar-refractivity contribution in [3.05, 3.63) is 58.9 Å². The topological polar surface area (TPSA) is 74.8 Å². The van der Waals surface area contributed by atoms with Gasteiger partial charge in [-0.1, -0.05) is 6.07 Å². The molecule has 3 rings (SSSR count). The summed E-state index contributed by atoms with van der Waals surface area (Å²) in [7, 11) is -8.22. The summed E-state index contributed by atoms with van der Waals surface area (Å²) in [6.07, 6.45) is -5.05. The number of piperazine rings is 1. The van der Waals surface area contributed by atoms with Crippen LogP contribution >= 0.6 is 0 Å². The maximum Gasteiger partial charge on any atom is 0.419 e. The fourth-order valence-corrected chi connectivity index (χ4v) is 6.16. The molecule has 0 aliphatic carbocycles. The molecule has 31 heavy (non-hydrogen) atoms. The lowest BCUT2D eigenvalue weighted by Crippen LogP contribution is -2.50. The molecule has 1 aliphatic heterocycles. The molecule has 0 unspecified atom stereocenters. The van der Waals surface area contributed by atoms with Gasteiger partial charge < -0.3 is 0 Å². The lowest BCUT2D eigenvalue weighted by atomic mass is 10.1. The SMILES string of the molecule is Cc1ccc(S(=O)(=O)N2CCN(S(=O)(=O)c3ccc(F)c(C(F)(F)F)c3)CC2)cc1C. The number of benzene rings is 2. The molecule has 1 aliphatic rings. The Labute approximate surface area is 178 Å². The highest BCUT2D eigenvalue weighted by molar-refractivity contribution is 7.89. The summed E-state index contributed by atoms with van der Waals surface area (Å²) in [5.41, 5.74) is 0.0379. The Hall–Kier alpha value is -2.02. The molecular weight excluding hydrogens is 460 g/mol. The fraction of sp³-hybridized carbons (Fsp3) is 0.368. The van der Waals surface area contributed by atoms with Crippen LogP contribution in [-0.2, 0) is 26.2 Å². The van der Waals surface area contributed by atoms with Gasteiger partial charge in [0.1, 0.15) is 5.82 Å². The predicted molar refractivity (Wildman–Crippen MR) is 105 cm³/mol. The van der Waals surface area contributed by atoms with Gasteiger partial charge in [0, 0.05) is 26.2 Å². The fourth-order valence-electron chi connectivity index (χ4n) is 3.21. The average molecular weight is 481 g/mol. The van der Waals surface area contributed by atoms with Crippen LogP contribution in [0.25, 0.3) is 0 Å². The molecule has 0 bridgehead atoms. The van der Waals surface area contributed by atoms with Gasteiger partial charge in [0.15, 0.2) is 0 Å². The van der Waals surface area contributed by atoms with E-state index in [0.29, 0.717) is 6.07 Å². The van der Waals surface area contributed by atoms with E-state index in [1.165, 1.54) is 12.1 Å². The van der Waals surface area contributed by atoms with Crippen LogP contribution in [0.5, 0.6) is 0 Å². The van der Waals surface area contributed by atoms with Crippen molar-refractivity contribution in [3.8, 4) is 0 Å². The zero-order valence-corrected chi connectivity index (χ0v) is 18.3. The molecule has 0 spiro atoms. The van der Waals surface area contributed by atoms with E-state index in [1.807, 2.05) is 6.92 Å². The van der Waals surface area contributed by atoms with Crippen LogP contribution in [0.15, 0.2) is 46.2 Å². The molecule has 0 amide bonds. The Balaban J connectivity index is 1.81. The summed E-state index contributed by atoms with van der Waals surface area (Å²) in [5, 5.41) is 0. The number of halogens is 4. The molecular formula is C19H20F4N2O4S2. The van der Waals surface area contributed by atoms with Crippen LogP contribution in [0.1, 0.15) is 16.7 Å². The monoisotopic (exact) mass is 480 g/mol. The van der Waals surface area contributed by atoms with Crippen molar-refractivity contribution >= 4 is 20.0 Å². The first-order valence-corrected chi connectivity index (χ1v) is 12.1. The molecule has 1 fully saturated rings. The first-order valence-electron chi connectivity index (χ1n) is 9.19. The molecule has 6 nitrogen and oxygen atoms in total. The maximum atomic E-state index is 13.5. The molecule has 170 valence electrons. The number of aryl methyl sites for hydroxylation is 2. The number of hydrogen-bond donors (Lipinski definition) is 0. The third-order valence-electron chi connectivity index (χ3n) is 5.19. The van der Waals surface area contributed by atoms with Crippen molar-refractivity contribution in [2.45, 2.75) is 29.8 Å². The van der Waals surface area contributed by atoms with Crippen molar-refractivity contribution in [2.24, 2.45) is 0 Å². The normalized spacial score (nSPS) is 17.1. The molecule has 0 saturated carbocycles. The third kappa shape index (κ3) is 4.61. The molecule has 0 N–H and O–H groups in total. The molecule has 2 aromatic carbocycles.